The molecule has 0 atom stereocenters. The molecule has 1 fully saturated rings. The second-order valence-electron chi connectivity index (χ2n) is 6.43. The molecule has 0 aliphatic carbocycles. The maximum Gasteiger partial charge on any atom is 0.340 e. The molecule has 0 bridgehead atoms. The number of hydrogen-bond donors (Lipinski definition) is 1. The minimum atomic E-state index is -0.356. The van der Waals surface area contributed by atoms with Crippen LogP contribution in [0.4, 0.5) is 10.7 Å². The average molecular weight is 424 g/mol. The number of carbonyl (C=O) groups is 1. The van der Waals surface area contributed by atoms with Gasteiger partial charge in [-0.05, 0) is 49.8 Å². The second-order valence-corrected chi connectivity index (χ2v) is 8.51. The van der Waals surface area contributed by atoms with Crippen LogP contribution in [0.3, 0.4) is 0 Å². The first kappa shape index (κ1) is 19.9. The number of esters is 1. The van der Waals surface area contributed by atoms with Gasteiger partial charge in [0.1, 0.15) is 5.00 Å². The molecule has 1 aromatic heterocycles. The number of methoxy groups -OCH3 is 1. The fourth-order valence-corrected chi connectivity index (χ4v) is 4.53. The van der Waals surface area contributed by atoms with Crippen molar-refractivity contribution in [3.05, 3.63) is 45.3 Å². The van der Waals surface area contributed by atoms with Crippen LogP contribution in [0.25, 0.3) is 0 Å². The van der Waals surface area contributed by atoms with Crippen LogP contribution in [0.5, 0.6) is 0 Å². The lowest BCUT2D eigenvalue weighted by molar-refractivity contribution is 0.0602. The van der Waals surface area contributed by atoms with E-state index in [2.05, 4.69) is 22.0 Å². The van der Waals surface area contributed by atoms with Gasteiger partial charge in [-0.3, -0.25) is 0 Å². The van der Waals surface area contributed by atoms with Crippen LogP contribution >= 0.6 is 35.2 Å². The van der Waals surface area contributed by atoms with Gasteiger partial charge in [-0.25, -0.2) is 4.79 Å². The Morgan fingerprint density at radius 2 is 1.93 bits per heavy atom. The highest BCUT2D eigenvalue weighted by Gasteiger charge is 2.22. The van der Waals surface area contributed by atoms with E-state index >= 15 is 0 Å². The standard InChI is InChI=1S/C19H22ClN3O2S2/c1-12-4-5-14(20)11-16(12)22-6-8-23(9-7-22)19(26)21-17-15(18(24)25-3)10-13(2)27-17/h4-5,10-11H,6-9H2,1-3H3,(H,21,26). The van der Waals surface area contributed by atoms with Gasteiger partial charge >= 0.3 is 5.97 Å². The van der Waals surface area contributed by atoms with Gasteiger partial charge in [-0.2, -0.15) is 0 Å². The molecular weight excluding hydrogens is 402 g/mol. The van der Waals surface area contributed by atoms with Gasteiger partial charge < -0.3 is 19.9 Å². The summed E-state index contributed by atoms with van der Waals surface area (Å²) in [4.78, 5) is 17.4. The summed E-state index contributed by atoms with van der Waals surface area (Å²) in [7, 11) is 1.38. The van der Waals surface area contributed by atoms with Crippen LogP contribution in [0.15, 0.2) is 24.3 Å². The van der Waals surface area contributed by atoms with Gasteiger partial charge in [0.2, 0.25) is 0 Å². The summed E-state index contributed by atoms with van der Waals surface area (Å²) < 4.78 is 4.85. The number of benzene rings is 1. The molecule has 2 aromatic rings. The summed E-state index contributed by atoms with van der Waals surface area (Å²) in [5.74, 6) is -0.356. The number of halogens is 1. The van der Waals surface area contributed by atoms with E-state index in [-0.39, 0.29) is 5.97 Å². The van der Waals surface area contributed by atoms with Gasteiger partial charge in [0.25, 0.3) is 0 Å². The van der Waals surface area contributed by atoms with E-state index in [9.17, 15) is 4.79 Å². The van der Waals surface area contributed by atoms with E-state index in [1.165, 1.54) is 29.7 Å². The Kier molecular flexibility index (Phi) is 6.24. The zero-order valence-corrected chi connectivity index (χ0v) is 17.9. The molecule has 1 N–H and O–H groups in total. The number of aryl methyl sites for hydroxylation is 2. The SMILES string of the molecule is COC(=O)c1cc(C)sc1NC(=S)N1CCN(c2cc(Cl)ccc2C)CC1. The first-order valence-electron chi connectivity index (χ1n) is 8.65. The van der Waals surface area contributed by atoms with Crippen molar-refractivity contribution in [3.8, 4) is 0 Å². The summed E-state index contributed by atoms with van der Waals surface area (Å²) in [6, 6.07) is 7.79. The molecule has 1 saturated heterocycles. The number of thiocarbonyl (C=S) groups is 1. The van der Waals surface area contributed by atoms with Gasteiger partial charge in [0.15, 0.2) is 5.11 Å². The third-order valence-electron chi connectivity index (χ3n) is 4.56. The number of rotatable bonds is 3. The largest absolute Gasteiger partial charge is 0.465 e. The monoisotopic (exact) mass is 423 g/mol. The van der Waals surface area contributed by atoms with Crippen LogP contribution in [0.1, 0.15) is 20.8 Å². The predicted molar refractivity (Wildman–Crippen MR) is 117 cm³/mol. The zero-order chi connectivity index (χ0) is 19.6. The van der Waals surface area contributed by atoms with Crippen molar-refractivity contribution in [2.45, 2.75) is 13.8 Å². The zero-order valence-electron chi connectivity index (χ0n) is 15.5. The topological polar surface area (TPSA) is 44.8 Å². The average Bonchev–Trinajstić information content (AvgIpc) is 3.03. The van der Waals surface area contributed by atoms with Gasteiger partial charge in [0.05, 0.1) is 12.7 Å². The highest BCUT2D eigenvalue weighted by atomic mass is 35.5. The second kappa shape index (κ2) is 8.46. The molecule has 3 rings (SSSR count). The quantitative estimate of drug-likeness (QED) is 0.585. The Morgan fingerprint density at radius 1 is 1.22 bits per heavy atom. The maximum absolute atomic E-state index is 11.9. The van der Waals surface area contributed by atoms with Gasteiger partial charge in [-0.15, -0.1) is 11.3 Å². The number of carbonyl (C=O) groups excluding carboxylic acids is 1. The van der Waals surface area contributed by atoms with Crippen molar-refractivity contribution in [1.29, 1.82) is 0 Å². The Bertz CT molecular complexity index is 861. The van der Waals surface area contributed by atoms with Crippen LogP contribution in [0, 0.1) is 13.8 Å². The van der Waals surface area contributed by atoms with Crippen LogP contribution in [-0.4, -0.2) is 49.3 Å². The number of anilines is 2. The Morgan fingerprint density at radius 3 is 2.59 bits per heavy atom. The number of thiophene rings is 1. The highest BCUT2D eigenvalue weighted by Crippen LogP contribution is 2.29. The van der Waals surface area contributed by atoms with Crippen molar-refractivity contribution in [2.24, 2.45) is 0 Å². The van der Waals surface area contributed by atoms with Crippen molar-refractivity contribution in [2.75, 3.05) is 43.5 Å². The lowest BCUT2D eigenvalue weighted by Crippen LogP contribution is -2.50. The minimum absolute atomic E-state index is 0.356. The van der Waals surface area contributed by atoms with Crippen molar-refractivity contribution >= 4 is 56.9 Å². The summed E-state index contributed by atoms with van der Waals surface area (Å²) >= 11 is 13.2. The Labute approximate surface area is 173 Å². The van der Waals surface area contributed by atoms with Crippen molar-refractivity contribution in [1.82, 2.24) is 4.90 Å². The molecule has 2 heterocycles. The third kappa shape index (κ3) is 4.54. The molecule has 0 unspecified atom stereocenters. The molecule has 27 heavy (non-hydrogen) atoms. The number of nitrogens with one attached hydrogen (secondary N) is 1. The van der Waals surface area contributed by atoms with E-state index in [1.807, 2.05) is 31.2 Å². The van der Waals surface area contributed by atoms with E-state index in [0.29, 0.717) is 10.7 Å². The number of nitrogens with zero attached hydrogens (tertiary/aromatic N) is 2. The molecule has 144 valence electrons. The van der Waals surface area contributed by atoms with Crippen molar-refractivity contribution in [3.63, 3.8) is 0 Å². The molecule has 1 aliphatic rings. The molecule has 1 aromatic carbocycles. The van der Waals surface area contributed by atoms with Crippen LogP contribution in [0.2, 0.25) is 5.02 Å². The molecule has 0 radical (unpaired) electrons. The predicted octanol–water partition coefficient (Wildman–Crippen LogP) is 4.32. The number of ether oxygens (including phenoxy) is 1. The van der Waals surface area contributed by atoms with Crippen molar-refractivity contribution < 1.29 is 9.53 Å². The lowest BCUT2D eigenvalue weighted by Gasteiger charge is -2.38. The molecule has 0 spiro atoms. The normalized spacial score (nSPS) is 14.2. The van der Waals surface area contributed by atoms with Crippen LogP contribution < -0.4 is 10.2 Å². The molecule has 0 amide bonds. The molecular formula is C19H22ClN3O2S2. The van der Waals surface area contributed by atoms with E-state index in [1.54, 1.807) is 0 Å². The third-order valence-corrected chi connectivity index (χ3v) is 6.12. The Balaban J connectivity index is 1.64. The fraction of sp³-hybridized carbons (Fsp3) is 0.368. The lowest BCUT2D eigenvalue weighted by atomic mass is 10.1. The van der Waals surface area contributed by atoms with Gasteiger partial charge in [0, 0.05) is 41.8 Å². The van der Waals surface area contributed by atoms with E-state index < -0.39 is 0 Å². The highest BCUT2D eigenvalue weighted by molar-refractivity contribution is 7.80. The number of hydrogen-bond acceptors (Lipinski definition) is 5. The first-order chi connectivity index (χ1) is 12.9. The summed E-state index contributed by atoms with van der Waals surface area (Å²) in [6.07, 6.45) is 0. The molecule has 0 saturated carbocycles. The summed E-state index contributed by atoms with van der Waals surface area (Å²) in [6.45, 7) is 7.37. The smallest absolute Gasteiger partial charge is 0.340 e. The van der Waals surface area contributed by atoms with E-state index in [0.717, 1.165) is 41.1 Å². The number of piperazine rings is 1. The van der Waals surface area contributed by atoms with Gasteiger partial charge in [-0.1, -0.05) is 17.7 Å². The molecule has 5 nitrogen and oxygen atoms in total. The summed E-state index contributed by atoms with van der Waals surface area (Å²) in [5, 5.41) is 5.34. The first-order valence-corrected chi connectivity index (χ1v) is 10.2. The molecule has 8 heteroatoms. The van der Waals surface area contributed by atoms with Crippen LogP contribution in [-0.2, 0) is 4.74 Å². The minimum Gasteiger partial charge on any atom is -0.465 e. The fourth-order valence-electron chi connectivity index (χ4n) is 3.12. The van der Waals surface area contributed by atoms with E-state index in [4.69, 9.17) is 28.6 Å². The summed E-state index contributed by atoms with van der Waals surface area (Å²) in [5.41, 5.74) is 2.91. The Hall–Kier alpha value is -1.83. The maximum atomic E-state index is 11.9. The molecule has 1 aliphatic heterocycles.